The molecular weight excluding hydrogens is 304 g/mol. The molecule has 0 radical (unpaired) electrons. The second-order valence-electron chi connectivity index (χ2n) is 7.53. The Labute approximate surface area is 145 Å². The van der Waals surface area contributed by atoms with Crippen LogP contribution < -0.4 is 4.74 Å². The van der Waals surface area contributed by atoms with Gasteiger partial charge in [-0.1, -0.05) is 50.1 Å². The molecule has 23 heavy (non-hydrogen) atoms. The van der Waals surface area contributed by atoms with E-state index in [-0.39, 0.29) is 11.5 Å². The van der Waals surface area contributed by atoms with Crippen molar-refractivity contribution in [2.75, 3.05) is 5.75 Å². The Balaban J connectivity index is 2.38. The molecule has 0 saturated heterocycles. The second-order valence-corrected chi connectivity index (χ2v) is 7.84. The lowest BCUT2D eigenvalue weighted by Crippen LogP contribution is -2.28. The molecule has 0 fully saturated rings. The maximum Gasteiger partial charge on any atom is 0.159 e. The Hall–Kier alpha value is -1.35. The number of benzene rings is 1. The summed E-state index contributed by atoms with van der Waals surface area (Å²) in [6, 6.07) is 4.23. The molecule has 0 aromatic heterocycles. The highest BCUT2D eigenvalue weighted by atomic mass is 32.1. The average Bonchev–Trinajstić information content (AvgIpc) is 2.43. The van der Waals surface area contributed by atoms with Gasteiger partial charge in [-0.3, -0.25) is 0 Å². The fraction of sp³-hybridized carbons (Fsp3) is 0.500. The van der Waals surface area contributed by atoms with Crippen LogP contribution >= 0.6 is 12.6 Å². The number of hydrogen-bond acceptors (Lipinski definition) is 3. The monoisotopic (exact) mass is 332 g/mol. The van der Waals surface area contributed by atoms with Crippen LogP contribution in [0.25, 0.3) is 0 Å². The molecule has 1 aliphatic carbocycles. The Kier molecular flexibility index (Phi) is 5.20. The summed E-state index contributed by atoms with van der Waals surface area (Å²) < 4.78 is 6.26. The molecule has 1 N–H and O–H groups in total. The largest absolute Gasteiger partial charge is 0.508 e. The zero-order chi connectivity index (χ0) is 17.4. The third kappa shape index (κ3) is 3.95. The first-order valence-electron chi connectivity index (χ1n) is 8.12. The Morgan fingerprint density at radius 1 is 1.17 bits per heavy atom. The van der Waals surface area contributed by atoms with Gasteiger partial charge in [0, 0.05) is 17.7 Å². The number of hydrogen-bond donors (Lipinski definition) is 2. The number of aliphatic hydroxyl groups excluding tert-OH is 1. The molecule has 2 nitrogen and oxygen atoms in total. The number of aliphatic hydroxyl groups is 1. The summed E-state index contributed by atoms with van der Waals surface area (Å²) in [6.07, 6.45) is 2.45. The molecular formula is C20H28O2S. The maximum absolute atomic E-state index is 10.6. The van der Waals surface area contributed by atoms with Crippen LogP contribution in [0.1, 0.15) is 43.9 Å². The summed E-state index contributed by atoms with van der Waals surface area (Å²) in [7, 11) is 0. The molecule has 2 rings (SSSR count). The summed E-state index contributed by atoms with van der Waals surface area (Å²) in [5, 5.41) is 10.6. The van der Waals surface area contributed by atoms with Gasteiger partial charge in [-0.15, -0.1) is 0 Å². The summed E-state index contributed by atoms with van der Waals surface area (Å²) in [4.78, 5) is 0. The normalized spacial score (nSPS) is 18.9. The molecule has 0 aliphatic heterocycles. The first kappa shape index (κ1) is 18.0. The first-order chi connectivity index (χ1) is 10.6. The van der Waals surface area contributed by atoms with Crippen LogP contribution in [0.2, 0.25) is 0 Å². The molecule has 126 valence electrons. The number of ether oxygens (including phenoxy) is 1. The van der Waals surface area contributed by atoms with Gasteiger partial charge in [0.15, 0.2) is 6.10 Å². The highest BCUT2D eigenvalue weighted by Crippen LogP contribution is 2.38. The SMILES string of the molecule is Cc1cc(C)c(OC2CC(C(C)(C)C)=CC(CS)=C2O)c(C)c1. The number of thiol groups is 1. The predicted molar refractivity (Wildman–Crippen MR) is 101 cm³/mol. The van der Waals surface area contributed by atoms with E-state index in [0.717, 1.165) is 22.4 Å². The van der Waals surface area contributed by atoms with Gasteiger partial charge in [0.1, 0.15) is 11.5 Å². The number of allylic oxidation sites excluding steroid dienone is 1. The van der Waals surface area contributed by atoms with E-state index in [4.69, 9.17) is 4.74 Å². The van der Waals surface area contributed by atoms with Crippen molar-refractivity contribution < 1.29 is 9.84 Å². The first-order valence-corrected chi connectivity index (χ1v) is 8.75. The minimum Gasteiger partial charge on any atom is -0.508 e. The molecule has 3 heteroatoms. The lowest BCUT2D eigenvalue weighted by molar-refractivity contribution is 0.163. The van der Waals surface area contributed by atoms with Crippen molar-refractivity contribution in [1.29, 1.82) is 0 Å². The van der Waals surface area contributed by atoms with E-state index in [1.54, 1.807) is 0 Å². The van der Waals surface area contributed by atoms with Gasteiger partial charge in [-0.2, -0.15) is 12.6 Å². The van der Waals surface area contributed by atoms with Crippen molar-refractivity contribution in [1.82, 2.24) is 0 Å². The molecule has 0 spiro atoms. The minimum atomic E-state index is -0.337. The molecule has 1 aromatic carbocycles. The van der Waals surface area contributed by atoms with Crippen LogP contribution in [0.3, 0.4) is 0 Å². The minimum absolute atomic E-state index is 0.0495. The molecule has 1 aromatic rings. The highest BCUT2D eigenvalue weighted by Gasteiger charge is 2.30. The Bertz CT molecular complexity index is 640. The van der Waals surface area contributed by atoms with Crippen LogP contribution in [0.15, 0.2) is 35.1 Å². The predicted octanol–water partition coefficient (Wildman–Crippen LogP) is 5.48. The average molecular weight is 333 g/mol. The van der Waals surface area contributed by atoms with Crippen molar-refractivity contribution in [2.24, 2.45) is 5.41 Å². The van der Waals surface area contributed by atoms with Crippen molar-refractivity contribution in [3.05, 3.63) is 51.8 Å². The third-order valence-corrected chi connectivity index (χ3v) is 4.73. The standard InChI is InChI=1S/C20H28O2S/c1-12-7-13(2)19(14(3)8-12)22-17-10-16(20(4,5)6)9-15(11-23)18(17)21/h7-9,17,21,23H,10-11H2,1-6H3. The van der Waals surface area contributed by atoms with Crippen LogP contribution in [0.4, 0.5) is 0 Å². The molecule has 1 atom stereocenters. The molecule has 0 amide bonds. The van der Waals surface area contributed by atoms with Crippen molar-refractivity contribution in [2.45, 2.75) is 54.1 Å². The van der Waals surface area contributed by atoms with Gasteiger partial charge < -0.3 is 9.84 Å². The summed E-state index contributed by atoms with van der Waals surface area (Å²) in [6.45, 7) is 12.8. The third-order valence-electron chi connectivity index (χ3n) is 4.39. The van der Waals surface area contributed by atoms with Gasteiger partial charge in [0.25, 0.3) is 0 Å². The Morgan fingerprint density at radius 2 is 1.74 bits per heavy atom. The molecule has 0 saturated carbocycles. The topological polar surface area (TPSA) is 29.5 Å². The quantitative estimate of drug-likeness (QED) is 0.718. The second kappa shape index (κ2) is 6.64. The molecule has 0 bridgehead atoms. The van der Waals surface area contributed by atoms with Crippen molar-refractivity contribution in [3.63, 3.8) is 0 Å². The number of aryl methyl sites for hydroxylation is 3. The van der Waals surface area contributed by atoms with E-state index >= 15 is 0 Å². The van der Waals surface area contributed by atoms with E-state index in [1.807, 2.05) is 0 Å². The molecule has 1 aliphatic rings. The van der Waals surface area contributed by atoms with Crippen molar-refractivity contribution in [3.8, 4) is 5.75 Å². The van der Waals surface area contributed by atoms with E-state index in [9.17, 15) is 5.11 Å². The summed E-state index contributed by atoms with van der Waals surface area (Å²) in [5.41, 5.74) is 5.63. The Morgan fingerprint density at radius 3 is 2.22 bits per heavy atom. The van der Waals surface area contributed by atoms with Gasteiger partial charge in [-0.05, 0) is 37.3 Å². The molecule has 1 unspecified atom stereocenters. The van der Waals surface area contributed by atoms with Crippen LogP contribution in [-0.2, 0) is 0 Å². The number of rotatable bonds is 3. The smallest absolute Gasteiger partial charge is 0.159 e. The van der Waals surface area contributed by atoms with Gasteiger partial charge in [0.2, 0.25) is 0 Å². The van der Waals surface area contributed by atoms with Crippen LogP contribution in [0, 0.1) is 26.2 Å². The van der Waals surface area contributed by atoms with E-state index in [0.29, 0.717) is 17.9 Å². The highest BCUT2D eigenvalue weighted by molar-refractivity contribution is 7.80. The van der Waals surface area contributed by atoms with Gasteiger partial charge in [-0.25, -0.2) is 0 Å². The van der Waals surface area contributed by atoms with E-state index < -0.39 is 0 Å². The lowest BCUT2D eigenvalue weighted by atomic mass is 9.79. The summed E-state index contributed by atoms with van der Waals surface area (Å²) >= 11 is 4.36. The molecule has 0 heterocycles. The van der Waals surface area contributed by atoms with Crippen molar-refractivity contribution >= 4 is 12.6 Å². The fourth-order valence-electron chi connectivity index (χ4n) is 3.09. The van der Waals surface area contributed by atoms with Gasteiger partial charge in [0.05, 0.1) is 0 Å². The summed E-state index contributed by atoms with van der Waals surface area (Å²) in [5.74, 6) is 1.70. The van der Waals surface area contributed by atoms with E-state index in [2.05, 4.69) is 72.4 Å². The zero-order valence-electron chi connectivity index (χ0n) is 15.0. The maximum atomic E-state index is 10.6. The lowest BCUT2D eigenvalue weighted by Gasteiger charge is -2.32. The van der Waals surface area contributed by atoms with Crippen LogP contribution in [-0.4, -0.2) is 17.0 Å². The zero-order valence-corrected chi connectivity index (χ0v) is 15.9. The van der Waals surface area contributed by atoms with E-state index in [1.165, 1.54) is 11.1 Å². The van der Waals surface area contributed by atoms with Crippen LogP contribution in [0.5, 0.6) is 5.75 Å². The van der Waals surface area contributed by atoms with Gasteiger partial charge >= 0.3 is 0 Å². The fourth-order valence-corrected chi connectivity index (χ4v) is 3.34.